The first-order chi connectivity index (χ1) is 11.1. The number of H-pyrrole nitrogens is 1. The van der Waals surface area contributed by atoms with E-state index in [1.165, 1.54) is 18.2 Å². The Bertz CT molecular complexity index is 972. The third kappa shape index (κ3) is 3.01. The zero-order valence-corrected chi connectivity index (χ0v) is 12.6. The molecule has 0 aliphatic heterocycles. The highest BCUT2D eigenvalue weighted by Gasteiger charge is 2.13. The second kappa shape index (κ2) is 6.07. The van der Waals surface area contributed by atoms with Crippen LogP contribution in [-0.4, -0.2) is 4.98 Å². The second-order valence-electron chi connectivity index (χ2n) is 4.93. The Kier molecular flexibility index (Phi) is 3.96. The quantitative estimate of drug-likeness (QED) is 0.760. The summed E-state index contributed by atoms with van der Waals surface area (Å²) in [5.41, 5.74) is 1.58. The summed E-state index contributed by atoms with van der Waals surface area (Å²) in [7, 11) is 0. The molecule has 0 amide bonds. The van der Waals surface area contributed by atoms with Crippen LogP contribution in [0.4, 0.5) is 4.39 Å². The maximum Gasteiger partial charge on any atom is 0.266 e. The minimum absolute atomic E-state index is 0.0479. The van der Waals surface area contributed by atoms with Crippen LogP contribution in [0.5, 0.6) is 0 Å². The summed E-state index contributed by atoms with van der Waals surface area (Å²) in [6.07, 6.45) is 0. The molecule has 23 heavy (non-hydrogen) atoms. The van der Waals surface area contributed by atoms with Gasteiger partial charge in [-0.1, -0.05) is 35.9 Å². The van der Waals surface area contributed by atoms with Gasteiger partial charge in [0.1, 0.15) is 17.4 Å². The predicted octanol–water partition coefficient (Wildman–Crippen LogP) is 4.37. The number of hydrogen-bond donors (Lipinski definition) is 1. The number of nitrogens with zero attached hydrogens (tertiary/aromatic N) is 1. The van der Waals surface area contributed by atoms with Gasteiger partial charge in [0.2, 0.25) is 0 Å². The zero-order valence-electron chi connectivity index (χ0n) is 11.8. The Morgan fingerprint density at radius 2 is 1.78 bits per heavy atom. The zero-order chi connectivity index (χ0) is 16.4. The molecule has 112 valence electrons. The fourth-order valence-corrected chi connectivity index (χ4v) is 2.47. The lowest BCUT2D eigenvalue weighted by molar-refractivity contribution is 0.628. The minimum Gasteiger partial charge on any atom is -0.321 e. The summed E-state index contributed by atoms with van der Waals surface area (Å²) in [6, 6.07) is 16.3. The topological polar surface area (TPSA) is 56.6 Å². The van der Waals surface area contributed by atoms with Crippen LogP contribution in [0.1, 0.15) is 5.56 Å². The van der Waals surface area contributed by atoms with Crippen molar-refractivity contribution in [3.8, 4) is 28.5 Å². The third-order valence-electron chi connectivity index (χ3n) is 3.44. The molecule has 0 aliphatic carbocycles. The lowest BCUT2D eigenvalue weighted by atomic mass is 9.99. The summed E-state index contributed by atoms with van der Waals surface area (Å²) in [6.45, 7) is 0. The number of aromatic amines is 1. The molecule has 0 fully saturated rings. The average molecular weight is 325 g/mol. The average Bonchev–Trinajstić information content (AvgIpc) is 2.55. The highest BCUT2D eigenvalue weighted by Crippen LogP contribution is 2.27. The number of nitrogens with one attached hydrogen (secondary N) is 1. The fraction of sp³-hybridized carbons (Fsp3) is 0. The van der Waals surface area contributed by atoms with Crippen molar-refractivity contribution in [3.63, 3.8) is 0 Å². The molecule has 1 N–H and O–H groups in total. The van der Waals surface area contributed by atoms with Crippen LogP contribution in [0.2, 0.25) is 5.02 Å². The van der Waals surface area contributed by atoms with Crippen molar-refractivity contribution in [2.75, 3.05) is 0 Å². The summed E-state index contributed by atoms with van der Waals surface area (Å²) >= 11 is 5.87. The molecule has 3 rings (SSSR count). The maximum atomic E-state index is 13.5. The molecular formula is C18H10ClFN2O. The van der Waals surface area contributed by atoms with Crippen molar-refractivity contribution in [2.45, 2.75) is 0 Å². The van der Waals surface area contributed by atoms with Crippen molar-refractivity contribution in [3.05, 3.63) is 81.4 Å². The summed E-state index contributed by atoms with van der Waals surface area (Å²) in [5.74, 6) is -0.431. The van der Waals surface area contributed by atoms with E-state index in [-0.39, 0.29) is 5.56 Å². The molecule has 0 unspecified atom stereocenters. The third-order valence-corrected chi connectivity index (χ3v) is 3.69. The summed E-state index contributed by atoms with van der Waals surface area (Å²) < 4.78 is 13.5. The van der Waals surface area contributed by atoms with E-state index >= 15 is 0 Å². The summed E-state index contributed by atoms with van der Waals surface area (Å²) in [4.78, 5) is 14.9. The Balaban J connectivity index is 2.24. The van der Waals surface area contributed by atoms with Crippen molar-refractivity contribution in [2.24, 2.45) is 0 Å². The highest BCUT2D eigenvalue weighted by atomic mass is 35.5. The number of benzene rings is 2. The van der Waals surface area contributed by atoms with E-state index in [9.17, 15) is 14.4 Å². The van der Waals surface area contributed by atoms with E-state index in [1.807, 2.05) is 6.07 Å². The standard InChI is InChI=1S/C18H10ClFN2O/c19-13-6-4-11(5-7-13)17-9-15(16(10-21)18(23)22-17)12-2-1-3-14(20)8-12/h1-9H,(H,22,23). The molecule has 0 spiro atoms. The van der Waals surface area contributed by atoms with E-state index in [4.69, 9.17) is 11.6 Å². The molecule has 1 aromatic heterocycles. The highest BCUT2D eigenvalue weighted by molar-refractivity contribution is 6.30. The molecule has 0 saturated heterocycles. The van der Waals surface area contributed by atoms with Crippen LogP contribution in [0, 0.1) is 17.1 Å². The van der Waals surface area contributed by atoms with Gasteiger partial charge in [-0.2, -0.15) is 5.26 Å². The number of rotatable bonds is 2. The van der Waals surface area contributed by atoms with E-state index in [0.29, 0.717) is 21.8 Å². The molecule has 1 heterocycles. The van der Waals surface area contributed by atoms with Gasteiger partial charge in [-0.3, -0.25) is 4.79 Å². The van der Waals surface area contributed by atoms with Crippen molar-refractivity contribution in [1.29, 1.82) is 5.26 Å². The fourth-order valence-electron chi connectivity index (χ4n) is 2.34. The largest absolute Gasteiger partial charge is 0.321 e. The van der Waals surface area contributed by atoms with Crippen LogP contribution in [-0.2, 0) is 0 Å². The van der Waals surface area contributed by atoms with Gasteiger partial charge in [0, 0.05) is 16.3 Å². The minimum atomic E-state index is -0.515. The van der Waals surface area contributed by atoms with Crippen molar-refractivity contribution < 1.29 is 4.39 Å². The van der Waals surface area contributed by atoms with E-state index in [2.05, 4.69) is 4.98 Å². The van der Waals surface area contributed by atoms with Crippen LogP contribution in [0.3, 0.4) is 0 Å². The van der Waals surface area contributed by atoms with Crippen LogP contribution < -0.4 is 5.56 Å². The van der Waals surface area contributed by atoms with E-state index in [1.54, 1.807) is 36.4 Å². The first-order valence-corrected chi connectivity index (χ1v) is 7.15. The van der Waals surface area contributed by atoms with Gasteiger partial charge in [-0.15, -0.1) is 0 Å². The molecule has 0 saturated carbocycles. The monoisotopic (exact) mass is 324 g/mol. The molecule has 0 atom stereocenters. The summed E-state index contributed by atoms with van der Waals surface area (Å²) in [5, 5.41) is 9.83. The molecule has 2 aromatic carbocycles. The van der Waals surface area contributed by atoms with Crippen molar-refractivity contribution >= 4 is 11.6 Å². The SMILES string of the molecule is N#Cc1c(-c2cccc(F)c2)cc(-c2ccc(Cl)cc2)[nH]c1=O. The molecular weight excluding hydrogens is 315 g/mol. The number of aromatic nitrogens is 1. The molecule has 0 aliphatic rings. The number of nitriles is 1. The maximum absolute atomic E-state index is 13.5. The Labute approximate surface area is 136 Å². The second-order valence-corrected chi connectivity index (χ2v) is 5.37. The van der Waals surface area contributed by atoms with Gasteiger partial charge in [0.15, 0.2) is 0 Å². The van der Waals surface area contributed by atoms with Gasteiger partial charge in [0.05, 0.1) is 0 Å². The molecule has 0 radical (unpaired) electrons. The van der Waals surface area contributed by atoms with Gasteiger partial charge >= 0.3 is 0 Å². The van der Waals surface area contributed by atoms with Gasteiger partial charge < -0.3 is 4.98 Å². The molecule has 0 bridgehead atoms. The van der Waals surface area contributed by atoms with Crippen LogP contribution >= 0.6 is 11.6 Å². The number of hydrogen-bond acceptors (Lipinski definition) is 2. The van der Waals surface area contributed by atoms with Gasteiger partial charge in [-0.05, 0) is 41.5 Å². The first kappa shape index (κ1) is 15.0. The molecule has 3 nitrogen and oxygen atoms in total. The van der Waals surface area contributed by atoms with E-state index < -0.39 is 11.4 Å². The molecule has 3 aromatic rings. The Morgan fingerprint density at radius 1 is 1.04 bits per heavy atom. The smallest absolute Gasteiger partial charge is 0.266 e. The van der Waals surface area contributed by atoms with Gasteiger partial charge in [0.25, 0.3) is 5.56 Å². The first-order valence-electron chi connectivity index (χ1n) is 6.78. The predicted molar refractivity (Wildman–Crippen MR) is 87.6 cm³/mol. The van der Waals surface area contributed by atoms with Crippen LogP contribution in [0.25, 0.3) is 22.4 Å². The normalized spacial score (nSPS) is 10.3. The van der Waals surface area contributed by atoms with Crippen LogP contribution in [0.15, 0.2) is 59.4 Å². The van der Waals surface area contributed by atoms with E-state index in [0.717, 1.165) is 5.56 Å². The lowest BCUT2D eigenvalue weighted by Crippen LogP contribution is -2.12. The number of halogens is 2. The van der Waals surface area contributed by atoms with Gasteiger partial charge in [-0.25, -0.2) is 4.39 Å². The molecule has 5 heteroatoms. The van der Waals surface area contributed by atoms with Crippen molar-refractivity contribution in [1.82, 2.24) is 4.98 Å². The number of pyridine rings is 1. The lowest BCUT2D eigenvalue weighted by Gasteiger charge is -2.08. The Morgan fingerprint density at radius 3 is 2.43 bits per heavy atom. The Hall–Kier alpha value is -2.90.